The van der Waals surface area contributed by atoms with E-state index in [1.165, 1.54) is 10.4 Å². The van der Waals surface area contributed by atoms with Gasteiger partial charge in [-0.1, -0.05) is 24.3 Å². The number of hydrogen-bond donors (Lipinski definition) is 1. The van der Waals surface area contributed by atoms with Gasteiger partial charge in [0.1, 0.15) is 11.9 Å². The molecule has 1 aliphatic heterocycles. The van der Waals surface area contributed by atoms with E-state index in [1.807, 2.05) is 23.6 Å². The lowest BCUT2D eigenvalue weighted by Crippen LogP contribution is -2.34. The van der Waals surface area contributed by atoms with Gasteiger partial charge in [-0.05, 0) is 41.1 Å². The largest absolute Gasteiger partial charge is 0.487 e. The number of aromatic nitrogens is 1. The molecule has 1 aromatic carbocycles. The Labute approximate surface area is 156 Å². The fourth-order valence-electron chi connectivity index (χ4n) is 3.22. The predicted molar refractivity (Wildman–Crippen MR) is 103 cm³/mol. The number of carbonyl (C=O) groups is 1. The zero-order valence-electron chi connectivity index (χ0n) is 14.4. The van der Waals surface area contributed by atoms with Crippen LogP contribution in [0.15, 0.2) is 60.2 Å². The summed E-state index contributed by atoms with van der Waals surface area (Å²) in [5.74, 6) is 1.00. The Morgan fingerprint density at radius 3 is 2.88 bits per heavy atom. The second kappa shape index (κ2) is 7.70. The topological polar surface area (TPSA) is 51.2 Å². The van der Waals surface area contributed by atoms with Crippen molar-refractivity contribution in [2.75, 3.05) is 6.54 Å². The average molecular weight is 364 g/mol. The first-order chi connectivity index (χ1) is 12.8. The number of carbonyl (C=O) groups excluding carboxylic acids is 1. The molecule has 3 aromatic rings. The molecule has 0 saturated heterocycles. The molecule has 0 aliphatic carbocycles. The summed E-state index contributed by atoms with van der Waals surface area (Å²) in [5, 5.41) is 5.05. The lowest BCUT2D eigenvalue weighted by Gasteiger charge is -2.13. The van der Waals surface area contributed by atoms with Gasteiger partial charge in [-0.15, -0.1) is 11.3 Å². The molecule has 4 nitrogen and oxygen atoms in total. The maximum atomic E-state index is 12.1. The number of aryl methyl sites for hydroxylation is 1. The summed E-state index contributed by atoms with van der Waals surface area (Å²) in [6, 6.07) is 14.3. The van der Waals surface area contributed by atoms with Crippen molar-refractivity contribution in [2.24, 2.45) is 0 Å². The second-order valence-corrected chi connectivity index (χ2v) is 7.39. The molecule has 26 heavy (non-hydrogen) atoms. The molecule has 0 bridgehead atoms. The van der Waals surface area contributed by atoms with Crippen molar-refractivity contribution in [1.82, 2.24) is 10.3 Å². The van der Waals surface area contributed by atoms with Gasteiger partial charge in [0.2, 0.25) is 5.91 Å². The first-order valence-electron chi connectivity index (χ1n) is 8.77. The van der Waals surface area contributed by atoms with Gasteiger partial charge < -0.3 is 10.1 Å². The number of thiophene rings is 1. The standard InChI is InChI=1S/C21H20N2O2S/c24-20(7-6-18-4-2-12-26-18)23-14-17-13-16-3-1-5-19(21(16)25-17)15-8-10-22-11-9-15/h1-5,8-12,17H,6-7,13-14H2,(H,23,24). The van der Waals surface area contributed by atoms with Gasteiger partial charge in [0.15, 0.2) is 0 Å². The molecule has 1 amide bonds. The Bertz CT molecular complexity index is 878. The maximum Gasteiger partial charge on any atom is 0.220 e. The number of fused-ring (bicyclic) bond motifs is 1. The highest BCUT2D eigenvalue weighted by Crippen LogP contribution is 2.38. The van der Waals surface area contributed by atoms with Crippen LogP contribution in [0.4, 0.5) is 0 Å². The van der Waals surface area contributed by atoms with Crippen LogP contribution in [0.2, 0.25) is 0 Å². The van der Waals surface area contributed by atoms with Gasteiger partial charge in [-0.3, -0.25) is 9.78 Å². The van der Waals surface area contributed by atoms with Crippen LogP contribution >= 0.6 is 11.3 Å². The van der Waals surface area contributed by atoms with Crippen molar-refractivity contribution in [3.05, 3.63) is 70.7 Å². The lowest BCUT2D eigenvalue weighted by atomic mass is 10.0. The number of pyridine rings is 1. The van der Waals surface area contributed by atoms with Crippen LogP contribution in [0.5, 0.6) is 5.75 Å². The molecule has 0 fully saturated rings. The van der Waals surface area contributed by atoms with Crippen molar-refractivity contribution in [2.45, 2.75) is 25.4 Å². The van der Waals surface area contributed by atoms with Crippen molar-refractivity contribution < 1.29 is 9.53 Å². The molecular weight excluding hydrogens is 344 g/mol. The highest BCUT2D eigenvalue weighted by Gasteiger charge is 2.25. The second-order valence-electron chi connectivity index (χ2n) is 6.36. The lowest BCUT2D eigenvalue weighted by molar-refractivity contribution is -0.121. The van der Waals surface area contributed by atoms with Crippen molar-refractivity contribution >= 4 is 17.2 Å². The maximum absolute atomic E-state index is 12.1. The summed E-state index contributed by atoms with van der Waals surface area (Å²) in [7, 11) is 0. The number of amides is 1. The van der Waals surface area contributed by atoms with E-state index in [4.69, 9.17) is 4.74 Å². The third kappa shape index (κ3) is 3.78. The van der Waals surface area contributed by atoms with E-state index in [0.717, 1.165) is 29.7 Å². The molecule has 0 spiro atoms. The molecule has 0 radical (unpaired) electrons. The van der Waals surface area contributed by atoms with E-state index in [9.17, 15) is 4.79 Å². The summed E-state index contributed by atoms with van der Waals surface area (Å²) < 4.78 is 6.16. The smallest absolute Gasteiger partial charge is 0.220 e. The molecule has 1 unspecified atom stereocenters. The Balaban J connectivity index is 1.35. The Morgan fingerprint density at radius 2 is 2.08 bits per heavy atom. The molecule has 1 aliphatic rings. The van der Waals surface area contributed by atoms with Crippen molar-refractivity contribution in [3.8, 4) is 16.9 Å². The Hall–Kier alpha value is -2.66. The number of ether oxygens (including phenoxy) is 1. The minimum absolute atomic E-state index is 0.0151. The summed E-state index contributed by atoms with van der Waals surface area (Å²) >= 11 is 1.69. The Kier molecular flexibility index (Phi) is 4.97. The van der Waals surface area contributed by atoms with Crippen molar-refractivity contribution in [3.63, 3.8) is 0 Å². The van der Waals surface area contributed by atoms with E-state index in [0.29, 0.717) is 13.0 Å². The molecule has 0 saturated carbocycles. The van der Waals surface area contributed by atoms with Crippen LogP contribution in [-0.4, -0.2) is 23.5 Å². The molecule has 5 heteroatoms. The summed E-state index contributed by atoms with van der Waals surface area (Å²) in [6.07, 6.45) is 5.69. The van der Waals surface area contributed by atoms with Crippen LogP contribution in [0.25, 0.3) is 11.1 Å². The molecule has 1 N–H and O–H groups in total. The first kappa shape index (κ1) is 16.8. The van der Waals surface area contributed by atoms with Gasteiger partial charge in [0.05, 0.1) is 6.54 Å². The van der Waals surface area contributed by atoms with Crippen LogP contribution in [0.1, 0.15) is 16.9 Å². The number of nitrogens with zero attached hydrogens (tertiary/aromatic N) is 1. The molecule has 2 aromatic heterocycles. The van der Waals surface area contributed by atoms with Crippen LogP contribution in [-0.2, 0) is 17.6 Å². The van der Waals surface area contributed by atoms with Crippen LogP contribution in [0, 0.1) is 0 Å². The fraction of sp³-hybridized carbons (Fsp3) is 0.238. The van der Waals surface area contributed by atoms with E-state index in [2.05, 4.69) is 34.6 Å². The molecule has 3 heterocycles. The number of hydrogen-bond acceptors (Lipinski definition) is 4. The van der Waals surface area contributed by atoms with Gasteiger partial charge >= 0.3 is 0 Å². The minimum Gasteiger partial charge on any atom is -0.487 e. The fourth-order valence-corrected chi connectivity index (χ4v) is 3.93. The monoisotopic (exact) mass is 364 g/mol. The van der Waals surface area contributed by atoms with Crippen LogP contribution < -0.4 is 10.1 Å². The quantitative estimate of drug-likeness (QED) is 0.722. The molecule has 132 valence electrons. The van der Waals surface area contributed by atoms with Crippen molar-refractivity contribution in [1.29, 1.82) is 0 Å². The Morgan fingerprint density at radius 1 is 1.19 bits per heavy atom. The number of nitrogens with one attached hydrogen (secondary N) is 1. The zero-order chi connectivity index (χ0) is 17.8. The van der Waals surface area contributed by atoms with Gasteiger partial charge in [-0.2, -0.15) is 0 Å². The van der Waals surface area contributed by atoms with E-state index < -0.39 is 0 Å². The summed E-state index contributed by atoms with van der Waals surface area (Å²) in [6.45, 7) is 0.535. The predicted octanol–water partition coefficient (Wildman–Crippen LogP) is 3.86. The van der Waals surface area contributed by atoms with Gasteiger partial charge in [0, 0.05) is 35.7 Å². The summed E-state index contributed by atoms with van der Waals surface area (Å²) in [4.78, 5) is 17.4. The van der Waals surface area contributed by atoms with Gasteiger partial charge in [-0.25, -0.2) is 0 Å². The van der Waals surface area contributed by atoms with Crippen LogP contribution in [0.3, 0.4) is 0 Å². The highest BCUT2D eigenvalue weighted by atomic mass is 32.1. The highest BCUT2D eigenvalue weighted by molar-refractivity contribution is 7.09. The number of benzene rings is 1. The van der Waals surface area contributed by atoms with Gasteiger partial charge in [0.25, 0.3) is 0 Å². The first-order valence-corrected chi connectivity index (χ1v) is 9.65. The SMILES string of the molecule is O=C(CCc1cccs1)NCC1Cc2cccc(-c3ccncc3)c2O1. The molecule has 4 rings (SSSR count). The van der Waals surface area contributed by atoms with E-state index >= 15 is 0 Å². The molecular formula is C21H20N2O2S. The molecule has 1 atom stereocenters. The minimum atomic E-state index is -0.0151. The van der Waals surface area contributed by atoms with E-state index in [1.54, 1.807) is 23.7 Å². The normalized spacial score (nSPS) is 15.3. The zero-order valence-corrected chi connectivity index (χ0v) is 15.2. The van der Waals surface area contributed by atoms with E-state index in [-0.39, 0.29) is 12.0 Å². The summed E-state index contributed by atoms with van der Waals surface area (Å²) in [5.41, 5.74) is 3.37. The number of para-hydroxylation sites is 1. The number of rotatable bonds is 6. The third-order valence-electron chi connectivity index (χ3n) is 4.53. The average Bonchev–Trinajstić information content (AvgIpc) is 3.34. The third-order valence-corrected chi connectivity index (χ3v) is 5.46.